The normalized spacial score (nSPS) is 15.4. The zero-order valence-corrected chi connectivity index (χ0v) is 17.0. The molecule has 0 unspecified atom stereocenters. The first-order valence-electron chi connectivity index (χ1n) is 9.25. The van der Waals surface area contributed by atoms with Crippen molar-refractivity contribution in [2.75, 3.05) is 32.8 Å². The molecule has 2 heterocycles. The van der Waals surface area contributed by atoms with E-state index in [0.29, 0.717) is 43.4 Å². The van der Waals surface area contributed by atoms with E-state index in [1.807, 2.05) is 6.07 Å². The standard InChI is InChI=1S/C21H21N3O5S/c1-2-9-23-21(25)17(15-22)14-18-5-8-20(29-18)16-3-6-19(7-4-16)30(26,27)24-10-12-28-13-11-24/h2-8,14H,1,9-13H2,(H,23,25)/b17-14+. The molecule has 8 nitrogen and oxygen atoms in total. The van der Waals surface area contributed by atoms with Crippen LogP contribution in [0.4, 0.5) is 0 Å². The summed E-state index contributed by atoms with van der Waals surface area (Å²) in [6.45, 7) is 5.19. The third-order valence-corrected chi connectivity index (χ3v) is 6.34. The number of nitrogens with one attached hydrogen (secondary N) is 1. The van der Waals surface area contributed by atoms with E-state index in [-0.39, 0.29) is 17.0 Å². The third-order valence-electron chi connectivity index (χ3n) is 4.43. The molecule has 0 radical (unpaired) electrons. The summed E-state index contributed by atoms with van der Waals surface area (Å²) < 4.78 is 37.7. The van der Waals surface area contributed by atoms with Gasteiger partial charge in [0.15, 0.2) is 0 Å². The lowest BCUT2D eigenvalue weighted by Gasteiger charge is -2.26. The first-order valence-corrected chi connectivity index (χ1v) is 10.7. The van der Waals surface area contributed by atoms with Gasteiger partial charge in [-0.1, -0.05) is 6.08 Å². The Hall–Kier alpha value is -3.19. The molecule has 0 saturated carbocycles. The highest BCUT2D eigenvalue weighted by Crippen LogP contribution is 2.26. The number of morpholine rings is 1. The van der Waals surface area contributed by atoms with Crippen LogP contribution in [0.3, 0.4) is 0 Å². The van der Waals surface area contributed by atoms with Crippen molar-refractivity contribution in [2.45, 2.75) is 4.90 Å². The Labute approximate surface area is 175 Å². The molecule has 0 bridgehead atoms. The van der Waals surface area contributed by atoms with E-state index >= 15 is 0 Å². The second-order valence-corrected chi connectivity index (χ2v) is 8.35. The van der Waals surface area contributed by atoms with Crippen LogP contribution in [-0.2, 0) is 19.6 Å². The van der Waals surface area contributed by atoms with Crippen molar-refractivity contribution >= 4 is 22.0 Å². The zero-order valence-electron chi connectivity index (χ0n) is 16.2. The summed E-state index contributed by atoms with van der Waals surface area (Å²) in [7, 11) is -3.57. The van der Waals surface area contributed by atoms with Gasteiger partial charge in [0.2, 0.25) is 10.0 Å². The average molecular weight is 427 g/mol. The van der Waals surface area contributed by atoms with Gasteiger partial charge in [-0.15, -0.1) is 6.58 Å². The molecule has 0 spiro atoms. The number of furan rings is 1. The number of carbonyl (C=O) groups excluding carboxylic acids is 1. The van der Waals surface area contributed by atoms with Crippen molar-refractivity contribution in [1.29, 1.82) is 5.26 Å². The fourth-order valence-electron chi connectivity index (χ4n) is 2.86. The van der Waals surface area contributed by atoms with Crippen LogP contribution in [-0.4, -0.2) is 51.5 Å². The van der Waals surface area contributed by atoms with Gasteiger partial charge in [0.05, 0.1) is 18.1 Å². The van der Waals surface area contributed by atoms with Gasteiger partial charge in [-0.25, -0.2) is 8.42 Å². The molecule has 1 aliphatic rings. The molecule has 1 aliphatic heterocycles. The van der Waals surface area contributed by atoms with E-state index in [4.69, 9.17) is 9.15 Å². The molecular formula is C21H21N3O5S. The highest BCUT2D eigenvalue weighted by atomic mass is 32.2. The molecule has 1 aromatic heterocycles. The Bertz CT molecular complexity index is 1090. The van der Waals surface area contributed by atoms with Crippen LogP contribution >= 0.6 is 0 Å². The lowest BCUT2D eigenvalue weighted by molar-refractivity contribution is -0.116. The highest BCUT2D eigenvalue weighted by molar-refractivity contribution is 7.89. The molecule has 1 fully saturated rings. The first-order chi connectivity index (χ1) is 14.5. The van der Waals surface area contributed by atoms with E-state index in [0.717, 1.165) is 0 Å². The molecule has 1 aromatic carbocycles. The first kappa shape index (κ1) is 21.5. The number of rotatable bonds is 7. The maximum absolute atomic E-state index is 12.7. The summed E-state index contributed by atoms with van der Waals surface area (Å²) in [6, 6.07) is 11.5. The monoisotopic (exact) mass is 427 g/mol. The van der Waals surface area contributed by atoms with Crippen molar-refractivity contribution in [3.63, 3.8) is 0 Å². The van der Waals surface area contributed by atoms with Crippen molar-refractivity contribution in [3.8, 4) is 17.4 Å². The molecule has 1 N–H and O–H groups in total. The largest absolute Gasteiger partial charge is 0.457 e. The van der Waals surface area contributed by atoms with Crippen LogP contribution in [0.1, 0.15) is 5.76 Å². The van der Waals surface area contributed by atoms with Gasteiger partial charge in [0, 0.05) is 31.3 Å². The van der Waals surface area contributed by atoms with Gasteiger partial charge >= 0.3 is 0 Å². The summed E-state index contributed by atoms with van der Waals surface area (Å²) in [6.07, 6.45) is 2.86. The predicted octanol–water partition coefficient (Wildman–Crippen LogP) is 2.18. The number of hydrogen-bond donors (Lipinski definition) is 1. The number of carbonyl (C=O) groups is 1. The van der Waals surface area contributed by atoms with Crippen LogP contribution < -0.4 is 5.32 Å². The lowest BCUT2D eigenvalue weighted by Crippen LogP contribution is -2.40. The second-order valence-electron chi connectivity index (χ2n) is 6.41. The molecular weight excluding hydrogens is 406 g/mol. The molecule has 0 atom stereocenters. The molecule has 1 saturated heterocycles. The summed E-state index contributed by atoms with van der Waals surface area (Å²) >= 11 is 0. The SMILES string of the molecule is C=CCNC(=O)/C(C#N)=C/c1ccc(-c2ccc(S(=O)(=O)N3CCOCC3)cc2)o1. The van der Waals surface area contributed by atoms with Gasteiger partial charge in [-0.05, 0) is 36.4 Å². The molecule has 3 rings (SSSR count). The lowest BCUT2D eigenvalue weighted by atomic mass is 10.2. The van der Waals surface area contributed by atoms with Gasteiger partial charge in [-0.2, -0.15) is 9.57 Å². The number of nitriles is 1. The van der Waals surface area contributed by atoms with Crippen molar-refractivity contribution in [2.24, 2.45) is 0 Å². The molecule has 9 heteroatoms. The maximum atomic E-state index is 12.7. The van der Waals surface area contributed by atoms with E-state index in [2.05, 4.69) is 11.9 Å². The molecule has 2 aromatic rings. The van der Waals surface area contributed by atoms with Crippen molar-refractivity contribution < 1.29 is 22.4 Å². The minimum Gasteiger partial charge on any atom is -0.457 e. The Morgan fingerprint density at radius 2 is 1.90 bits per heavy atom. The average Bonchev–Trinajstić information content (AvgIpc) is 3.25. The third kappa shape index (κ3) is 4.86. The number of ether oxygens (including phenoxy) is 1. The van der Waals surface area contributed by atoms with E-state index < -0.39 is 15.9 Å². The minimum atomic E-state index is -3.57. The molecule has 0 aliphatic carbocycles. The van der Waals surface area contributed by atoms with Crippen molar-refractivity contribution in [3.05, 3.63) is 60.4 Å². The Morgan fingerprint density at radius 1 is 1.20 bits per heavy atom. The van der Waals surface area contributed by atoms with Gasteiger partial charge in [0.1, 0.15) is 23.2 Å². The number of sulfonamides is 1. The van der Waals surface area contributed by atoms with Gasteiger partial charge < -0.3 is 14.5 Å². The summed E-state index contributed by atoms with van der Waals surface area (Å²) in [5.74, 6) is 0.300. The Morgan fingerprint density at radius 3 is 2.53 bits per heavy atom. The topological polar surface area (TPSA) is 113 Å². The second kappa shape index (κ2) is 9.54. The van der Waals surface area contributed by atoms with Crippen LogP contribution in [0.5, 0.6) is 0 Å². The van der Waals surface area contributed by atoms with Crippen LogP contribution in [0.25, 0.3) is 17.4 Å². The summed E-state index contributed by atoms with van der Waals surface area (Å²) in [4.78, 5) is 12.1. The predicted molar refractivity (Wildman–Crippen MR) is 111 cm³/mol. The van der Waals surface area contributed by atoms with Crippen LogP contribution in [0.2, 0.25) is 0 Å². The highest BCUT2D eigenvalue weighted by Gasteiger charge is 2.26. The molecule has 156 valence electrons. The number of amides is 1. The number of benzene rings is 1. The quantitative estimate of drug-likeness (QED) is 0.412. The number of nitrogens with zero attached hydrogens (tertiary/aromatic N) is 2. The summed E-state index contributed by atoms with van der Waals surface area (Å²) in [5.41, 5.74) is 0.579. The van der Waals surface area contributed by atoms with Crippen molar-refractivity contribution in [1.82, 2.24) is 9.62 Å². The van der Waals surface area contributed by atoms with Crippen LogP contribution in [0, 0.1) is 11.3 Å². The molecule has 1 amide bonds. The zero-order chi connectivity index (χ0) is 21.6. The Kier molecular flexibility index (Phi) is 6.84. The fraction of sp³-hybridized carbons (Fsp3) is 0.238. The summed E-state index contributed by atoms with van der Waals surface area (Å²) in [5, 5.41) is 11.7. The van der Waals surface area contributed by atoms with Crippen LogP contribution in [0.15, 0.2) is 63.9 Å². The Balaban J connectivity index is 1.77. The smallest absolute Gasteiger partial charge is 0.262 e. The van der Waals surface area contributed by atoms with Gasteiger partial charge in [0.25, 0.3) is 5.91 Å². The maximum Gasteiger partial charge on any atom is 0.262 e. The van der Waals surface area contributed by atoms with Gasteiger partial charge in [-0.3, -0.25) is 4.79 Å². The number of hydrogen-bond acceptors (Lipinski definition) is 6. The minimum absolute atomic E-state index is 0.0929. The van der Waals surface area contributed by atoms with E-state index in [9.17, 15) is 18.5 Å². The molecule has 30 heavy (non-hydrogen) atoms. The fourth-order valence-corrected chi connectivity index (χ4v) is 4.27. The van der Waals surface area contributed by atoms with E-state index in [1.165, 1.54) is 28.6 Å². The van der Waals surface area contributed by atoms with E-state index in [1.54, 1.807) is 24.3 Å².